The fourth-order valence-corrected chi connectivity index (χ4v) is 4.90. The van der Waals surface area contributed by atoms with Gasteiger partial charge in [0.1, 0.15) is 0 Å². The van der Waals surface area contributed by atoms with E-state index in [1.807, 2.05) is 6.07 Å². The number of nitrogens with zero attached hydrogens (tertiary/aromatic N) is 3. The first-order valence-corrected chi connectivity index (χ1v) is 11.7. The number of hydrogen-bond donors (Lipinski definition) is 0. The summed E-state index contributed by atoms with van der Waals surface area (Å²) in [5.41, 5.74) is 2.62. The van der Waals surface area contributed by atoms with Crippen LogP contribution < -0.4 is 14.4 Å². The SMILES string of the molecule is CCc1ccc2nc(N(CCN3CCOCC3)C(=O)c3cccc(OC)c3OC)sc2c1. The number of ether oxygens (including phenoxy) is 3. The first-order valence-electron chi connectivity index (χ1n) is 10.9. The summed E-state index contributed by atoms with van der Waals surface area (Å²) in [6.45, 7) is 6.58. The van der Waals surface area contributed by atoms with E-state index in [2.05, 4.69) is 24.0 Å². The Morgan fingerprint density at radius 3 is 2.72 bits per heavy atom. The lowest BCUT2D eigenvalue weighted by molar-refractivity contribution is 0.0391. The number of anilines is 1. The number of para-hydroxylation sites is 1. The monoisotopic (exact) mass is 455 g/mol. The largest absolute Gasteiger partial charge is 0.493 e. The molecule has 0 N–H and O–H groups in total. The Bertz CT molecular complexity index is 1080. The van der Waals surface area contributed by atoms with E-state index >= 15 is 0 Å². The maximum atomic E-state index is 13.8. The minimum Gasteiger partial charge on any atom is -0.493 e. The quantitative estimate of drug-likeness (QED) is 0.514. The van der Waals surface area contributed by atoms with Gasteiger partial charge < -0.3 is 14.2 Å². The van der Waals surface area contributed by atoms with Gasteiger partial charge in [0.05, 0.1) is 43.2 Å². The third-order valence-electron chi connectivity index (χ3n) is 5.70. The Kier molecular flexibility index (Phi) is 7.24. The molecule has 0 spiro atoms. The highest BCUT2D eigenvalue weighted by Crippen LogP contribution is 2.35. The molecule has 1 saturated heterocycles. The molecular weight excluding hydrogens is 426 g/mol. The Morgan fingerprint density at radius 2 is 2.00 bits per heavy atom. The third-order valence-corrected chi connectivity index (χ3v) is 6.74. The van der Waals surface area contributed by atoms with E-state index in [4.69, 9.17) is 19.2 Å². The van der Waals surface area contributed by atoms with Crippen LogP contribution >= 0.6 is 11.3 Å². The molecule has 170 valence electrons. The molecule has 0 saturated carbocycles. The van der Waals surface area contributed by atoms with Crippen molar-refractivity contribution in [2.45, 2.75) is 13.3 Å². The number of aryl methyl sites for hydroxylation is 1. The zero-order chi connectivity index (χ0) is 22.5. The van der Waals surface area contributed by atoms with Gasteiger partial charge in [0.2, 0.25) is 0 Å². The second-order valence-electron chi connectivity index (χ2n) is 7.60. The van der Waals surface area contributed by atoms with Gasteiger partial charge in [0.15, 0.2) is 16.6 Å². The highest BCUT2D eigenvalue weighted by molar-refractivity contribution is 7.22. The smallest absolute Gasteiger partial charge is 0.264 e. The van der Waals surface area contributed by atoms with E-state index in [0.717, 1.165) is 49.5 Å². The predicted molar refractivity (Wildman–Crippen MR) is 127 cm³/mol. The summed E-state index contributed by atoms with van der Waals surface area (Å²) in [7, 11) is 3.12. The van der Waals surface area contributed by atoms with Crippen LogP contribution in [0, 0.1) is 0 Å². The van der Waals surface area contributed by atoms with E-state index < -0.39 is 0 Å². The van der Waals surface area contributed by atoms with Crippen molar-refractivity contribution in [1.82, 2.24) is 9.88 Å². The summed E-state index contributed by atoms with van der Waals surface area (Å²) >= 11 is 1.55. The molecule has 1 fully saturated rings. The Balaban J connectivity index is 1.69. The zero-order valence-electron chi connectivity index (χ0n) is 18.8. The van der Waals surface area contributed by atoms with Gasteiger partial charge in [-0.3, -0.25) is 14.6 Å². The molecule has 1 aromatic heterocycles. The topological polar surface area (TPSA) is 64.1 Å². The molecule has 1 aliphatic rings. The van der Waals surface area contributed by atoms with Crippen LogP contribution in [0.15, 0.2) is 36.4 Å². The number of hydrogen-bond acceptors (Lipinski definition) is 7. The van der Waals surface area contributed by atoms with Gasteiger partial charge in [-0.15, -0.1) is 0 Å². The van der Waals surface area contributed by atoms with E-state index in [1.54, 1.807) is 48.7 Å². The van der Waals surface area contributed by atoms with Crippen molar-refractivity contribution in [3.63, 3.8) is 0 Å². The number of rotatable bonds is 8. The molecule has 3 aromatic rings. The number of amides is 1. The summed E-state index contributed by atoms with van der Waals surface area (Å²) in [5.74, 6) is 0.818. The molecule has 0 bridgehead atoms. The summed E-state index contributed by atoms with van der Waals surface area (Å²) in [4.78, 5) is 22.7. The molecule has 1 aliphatic heterocycles. The van der Waals surface area contributed by atoms with E-state index in [9.17, 15) is 4.79 Å². The van der Waals surface area contributed by atoms with Gasteiger partial charge >= 0.3 is 0 Å². The standard InChI is InChI=1S/C24H29N3O4S/c1-4-17-8-9-19-21(16-17)32-24(25-19)27(11-10-26-12-14-31-15-13-26)23(28)18-6-5-7-20(29-2)22(18)30-3/h5-9,16H,4,10-15H2,1-3H3. The van der Waals surface area contributed by atoms with Crippen LogP contribution in [-0.4, -0.2) is 69.4 Å². The molecule has 2 aromatic carbocycles. The normalized spacial score (nSPS) is 14.5. The van der Waals surface area contributed by atoms with Gasteiger partial charge in [-0.05, 0) is 36.2 Å². The molecule has 0 aliphatic carbocycles. The van der Waals surface area contributed by atoms with Gasteiger partial charge in [0.25, 0.3) is 5.91 Å². The van der Waals surface area contributed by atoms with Crippen LogP contribution in [0.1, 0.15) is 22.8 Å². The van der Waals surface area contributed by atoms with Crippen molar-refractivity contribution < 1.29 is 19.0 Å². The highest BCUT2D eigenvalue weighted by Gasteiger charge is 2.26. The number of fused-ring (bicyclic) bond motifs is 1. The lowest BCUT2D eigenvalue weighted by Crippen LogP contribution is -2.43. The maximum Gasteiger partial charge on any atom is 0.264 e. The zero-order valence-corrected chi connectivity index (χ0v) is 19.6. The van der Waals surface area contributed by atoms with Gasteiger partial charge in [0, 0.05) is 26.2 Å². The summed E-state index contributed by atoms with van der Waals surface area (Å²) in [5, 5.41) is 0.691. The van der Waals surface area contributed by atoms with Gasteiger partial charge in [-0.25, -0.2) is 4.98 Å². The van der Waals surface area contributed by atoms with E-state index in [1.165, 1.54) is 5.56 Å². The second-order valence-corrected chi connectivity index (χ2v) is 8.61. The van der Waals surface area contributed by atoms with Gasteiger partial charge in [-0.2, -0.15) is 0 Å². The Labute approximate surface area is 192 Å². The predicted octanol–water partition coefficient (Wildman–Crippen LogP) is 3.85. The first-order chi connectivity index (χ1) is 15.6. The van der Waals surface area contributed by atoms with Crippen LogP contribution in [-0.2, 0) is 11.2 Å². The third kappa shape index (κ3) is 4.72. The fraction of sp³-hybridized carbons (Fsp3) is 0.417. The molecule has 2 heterocycles. The van der Waals surface area contributed by atoms with Crippen LogP contribution in [0.5, 0.6) is 11.5 Å². The molecule has 7 nitrogen and oxygen atoms in total. The van der Waals surface area contributed by atoms with Crippen molar-refractivity contribution in [3.05, 3.63) is 47.5 Å². The lowest BCUT2D eigenvalue weighted by Gasteiger charge is -2.29. The molecule has 8 heteroatoms. The Morgan fingerprint density at radius 1 is 1.19 bits per heavy atom. The van der Waals surface area contributed by atoms with Crippen molar-refractivity contribution in [1.29, 1.82) is 0 Å². The summed E-state index contributed by atoms with van der Waals surface area (Å²) in [6, 6.07) is 11.7. The molecule has 4 rings (SSSR count). The van der Waals surface area contributed by atoms with Gasteiger partial charge in [-0.1, -0.05) is 30.4 Å². The Hall–Kier alpha value is -2.68. The minimum absolute atomic E-state index is 0.149. The fourth-order valence-electron chi connectivity index (χ4n) is 3.84. The van der Waals surface area contributed by atoms with Crippen molar-refractivity contribution in [3.8, 4) is 11.5 Å². The highest BCUT2D eigenvalue weighted by atomic mass is 32.1. The number of thiazole rings is 1. The molecule has 32 heavy (non-hydrogen) atoms. The number of carbonyl (C=O) groups is 1. The molecule has 0 radical (unpaired) electrons. The lowest BCUT2D eigenvalue weighted by atomic mass is 10.1. The van der Waals surface area contributed by atoms with Crippen LogP contribution in [0.2, 0.25) is 0 Å². The average Bonchev–Trinajstić information content (AvgIpc) is 3.26. The summed E-state index contributed by atoms with van der Waals surface area (Å²) in [6.07, 6.45) is 0.962. The van der Waals surface area contributed by atoms with Crippen molar-refractivity contribution >= 4 is 32.6 Å². The van der Waals surface area contributed by atoms with E-state index in [0.29, 0.717) is 28.7 Å². The average molecular weight is 456 g/mol. The molecule has 0 unspecified atom stereocenters. The van der Waals surface area contributed by atoms with Crippen LogP contribution in [0.3, 0.4) is 0 Å². The number of carbonyl (C=O) groups excluding carboxylic acids is 1. The van der Waals surface area contributed by atoms with Crippen molar-refractivity contribution in [2.24, 2.45) is 0 Å². The number of morpholine rings is 1. The molecule has 1 amide bonds. The number of methoxy groups -OCH3 is 2. The van der Waals surface area contributed by atoms with E-state index in [-0.39, 0.29) is 5.91 Å². The maximum absolute atomic E-state index is 13.8. The van der Waals surface area contributed by atoms with Crippen LogP contribution in [0.25, 0.3) is 10.2 Å². The number of aromatic nitrogens is 1. The molecular formula is C24H29N3O4S. The summed E-state index contributed by atoms with van der Waals surface area (Å²) < 4.78 is 17.5. The van der Waals surface area contributed by atoms with Crippen LogP contribution in [0.4, 0.5) is 5.13 Å². The number of benzene rings is 2. The molecule has 0 atom stereocenters. The second kappa shape index (κ2) is 10.3. The minimum atomic E-state index is -0.149. The van der Waals surface area contributed by atoms with Crippen molar-refractivity contribution in [2.75, 3.05) is 58.5 Å². The first kappa shape index (κ1) is 22.5.